The molecule has 0 spiro atoms. The molecule has 0 radical (unpaired) electrons. The number of nitrogens with one attached hydrogen (secondary N) is 1. The monoisotopic (exact) mass is 295 g/mol. The molecule has 112 valence electrons. The Labute approximate surface area is 125 Å². The van der Waals surface area contributed by atoms with Gasteiger partial charge >= 0.3 is 0 Å². The van der Waals surface area contributed by atoms with Crippen molar-refractivity contribution >= 4 is 17.2 Å². The number of carbonyl (C=O) groups is 1. The van der Waals surface area contributed by atoms with E-state index < -0.39 is 5.54 Å². The Morgan fingerprint density at radius 3 is 2.75 bits per heavy atom. The zero-order valence-electron chi connectivity index (χ0n) is 12.7. The average molecular weight is 295 g/mol. The van der Waals surface area contributed by atoms with Gasteiger partial charge in [0.25, 0.3) is 0 Å². The van der Waals surface area contributed by atoms with Gasteiger partial charge in [0.2, 0.25) is 5.91 Å². The van der Waals surface area contributed by atoms with E-state index in [4.69, 9.17) is 0 Å². The lowest BCUT2D eigenvalue weighted by molar-refractivity contribution is -0.141. The van der Waals surface area contributed by atoms with Crippen LogP contribution in [0.2, 0.25) is 0 Å². The fourth-order valence-electron chi connectivity index (χ4n) is 2.66. The van der Waals surface area contributed by atoms with E-state index in [9.17, 15) is 4.79 Å². The molecule has 1 N–H and O–H groups in total. The fourth-order valence-corrected chi connectivity index (χ4v) is 3.36. The molecule has 1 aliphatic heterocycles. The molecule has 1 amide bonds. The third-order valence-corrected chi connectivity index (χ3v) is 4.99. The molecule has 2 heterocycles. The summed E-state index contributed by atoms with van der Waals surface area (Å²) in [7, 11) is 1.92. The molecule has 5 heteroatoms. The largest absolute Gasteiger partial charge is 0.344 e. The molecule has 20 heavy (non-hydrogen) atoms. The molecule has 1 saturated heterocycles. The van der Waals surface area contributed by atoms with Crippen LogP contribution in [0.1, 0.15) is 18.7 Å². The van der Waals surface area contributed by atoms with Gasteiger partial charge in [-0.1, -0.05) is 6.07 Å². The van der Waals surface area contributed by atoms with Crippen LogP contribution in [0.3, 0.4) is 0 Å². The summed E-state index contributed by atoms with van der Waals surface area (Å²) >= 11 is 1.76. The Morgan fingerprint density at radius 1 is 1.45 bits per heavy atom. The molecule has 0 unspecified atom stereocenters. The topological polar surface area (TPSA) is 35.6 Å². The smallest absolute Gasteiger partial charge is 0.242 e. The van der Waals surface area contributed by atoms with Gasteiger partial charge in [-0.25, -0.2) is 0 Å². The van der Waals surface area contributed by atoms with Crippen LogP contribution in [0, 0.1) is 0 Å². The Hall–Kier alpha value is -0.910. The Balaban J connectivity index is 1.90. The summed E-state index contributed by atoms with van der Waals surface area (Å²) in [4.78, 5) is 18.2. The van der Waals surface area contributed by atoms with Gasteiger partial charge < -0.3 is 10.2 Å². The van der Waals surface area contributed by atoms with Crippen LogP contribution in [-0.4, -0.2) is 61.0 Å². The van der Waals surface area contributed by atoms with Gasteiger partial charge in [0.1, 0.15) is 0 Å². The highest BCUT2D eigenvalue weighted by atomic mass is 32.1. The van der Waals surface area contributed by atoms with Crippen molar-refractivity contribution in [3.8, 4) is 0 Å². The number of hydrogen-bond acceptors (Lipinski definition) is 4. The number of amides is 1. The van der Waals surface area contributed by atoms with Gasteiger partial charge in [-0.2, -0.15) is 0 Å². The maximum atomic E-state index is 12.7. The summed E-state index contributed by atoms with van der Waals surface area (Å²) in [5.41, 5.74) is -0.410. The van der Waals surface area contributed by atoms with Crippen molar-refractivity contribution in [2.45, 2.75) is 25.8 Å². The van der Waals surface area contributed by atoms with E-state index in [-0.39, 0.29) is 5.91 Å². The number of nitrogens with zero attached hydrogens (tertiary/aromatic N) is 2. The highest BCUT2D eigenvalue weighted by Gasteiger charge is 2.36. The molecule has 0 saturated carbocycles. The lowest BCUT2D eigenvalue weighted by atomic mass is 9.99. The number of rotatable bonds is 5. The number of likely N-dealkylation sites (N-methyl/N-ethyl adjacent to an activating group) is 1. The highest BCUT2D eigenvalue weighted by molar-refractivity contribution is 7.09. The van der Waals surface area contributed by atoms with E-state index in [0.29, 0.717) is 0 Å². The van der Waals surface area contributed by atoms with Gasteiger partial charge in [-0.05, 0) is 31.7 Å². The van der Waals surface area contributed by atoms with Crippen molar-refractivity contribution in [1.82, 2.24) is 15.1 Å². The van der Waals surface area contributed by atoms with Gasteiger partial charge in [0.15, 0.2) is 0 Å². The van der Waals surface area contributed by atoms with Crippen LogP contribution in [0.4, 0.5) is 0 Å². The molecule has 2 rings (SSSR count). The lowest BCUT2D eigenvalue weighted by Crippen LogP contribution is -2.60. The van der Waals surface area contributed by atoms with Gasteiger partial charge in [-0.3, -0.25) is 9.69 Å². The zero-order valence-corrected chi connectivity index (χ0v) is 13.5. The molecule has 0 atom stereocenters. The third kappa shape index (κ3) is 3.59. The standard InChI is InChI=1S/C15H25N3OS/c1-15(2,18-10-7-16-8-11-18)14(19)17(3)9-6-13-5-4-12-20-13/h4-5,12,16H,6-11H2,1-3H3. The van der Waals surface area contributed by atoms with Crippen molar-refractivity contribution in [3.63, 3.8) is 0 Å². The summed E-state index contributed by atoms with van der Waals surface area (Å²) < 4.78 is 0. The molecule has 0 aromatic carbocycles. The van der Waals surface area contributed by atoms with E-state index in [2.05, 4.69) is 27.7 Å². The first kappa shape index (κ1) is 15.5. The molecule has 1 aliphatic rings. The second kappa shape index (κ2) is 6.70. The number of carbonyl (C=O) groups excluding carboxylic acids is 1. The van der Waals surface area contributed by atoms with Crippen molar-refractivity contribution in [3.05, 3.63) is 22.4 Å². The van der Waals surface area contributed by atoms with Gasteiger partial charge in [-0.15, -0.1) is 11.3 Å². The first-order valence-electron chi connectivity index (χ1n) is 7.25. The number of hydrogen-bond donors (Lipinski definition) is 1. The molecule has 0 aliphatic carbocycles. The van der Waals surface area contributed by atoms with E-state index in [1.807, 2.05) is 25.8 Å². The van der Waals surface area contributed by atoms with Gasteiger partial charge in [0.05, 0.1) is 5.54 Å². The van der Waals surface area contributed by atoms with Crippen LogP contribution in [-0.2, 0) is 11.2 Å². The maximum Gasteiger partial charge on any atom is 0.242 e. The minimum Gasteiger partial charge on any atom is -0.344 e. The predicted molar refractivity (Wildman–Crippen MR) is 84.2 cm³/mol. The Morgan fingerprint density at radius 2 is 2.15 bits per heavy atom. The van der Waals surface area contributed by atoms with Crippen molar-refractivity contribution < 1.29 is 4.79 Å². The maximum absolute atomic E-state index is 12.7. The molecule has 0 bridgehead atoms. The van der Waals surface area contributed by atoms with Crippen LogP contribution >= 0.6 is 11.3 Å². The normalized spacial score (nSPS) is 17.1. The number of thiophene rings is 1. The van der Waals surface area contributed by atoms with Crippen LogP contribution in [0.25, 0.3) is 0 Å². The first-order chi connectivity index (χ1) is 9.51. The highest BCUT2D eigenvalue weighted by Crippen LogP contribution is 2.18. The molecular formula is C15H25N3OS. The second-order valence-electron chi connectivity index (χ2n) is 5.85. The molecular weight excluding hydrogens is 270 g/mol. The van der Waals surface area contributed by atoms with E-state index in [1.165, 1.54) is 4.88 Å². The van der Waals surface area contributed by atoms with Crippen LogP contribution < -0.4 is 5.32 Å². The molecule has 1 aromatic heterocycles. The predicted octanol–water partition coefficient (Wildman–Crippen LogP) is 1.43. The van der Waals surface area contributed by atoms with Crippen molar-refractivity contribution in [2.24, 2.45) is 0 Å². The van der Waals surface area contributed by atoms with Crippen LogP contribution in [0.5, 0.6) is 0 Å². The van der Waals surface area contributed by atoms with Crippen molar-refractivity contribution in [1.29, 1.82) is 0 Å². The molecule has 4 nitrogen and oxygen atoms in total. The van der Waals surface area contributed by atoms with E-state index in [0.717, 1.165) is 39.1 Å². The van der Waals surface area contributed by atoms with Gasteiger partial charge in [0, 0.05) is 44.6 Å². The third-order valence-electron chi connectivity index (χ3n) is 4.05. The molecule has 1 aromatic rings. The van der Waals surface area contributed by atoms with E-state index >= 15 is 0 Å². The van der Waals surface area contributed by atoms with E-state index in [1.54, 1.807) is 11.3 Å². The Bertz CT molecular complexity index is 424. The lowest BCUT2D eigenvalue weighted by Gasteiger charge is -2.41. The van der Waals surface area contributed by atoms with Crippen molar-refractivity contribution in [2.75, 3.05) is 39.8 Å². The second-order valence-corrected chi connectivity index (χ2v) is 6.88. The number of piperazine rings is 1. The average Bonchev–Trinajstić information content (AvgIpc) is 2.98. The summed E-state index contributed by atoms with van der Waals surface area (Å²) in [6.07, 6.45) is 0.942. The minimum absolute atomic E-state index is 0.218. The summed E-state index contributed by atoms with van der Waals surface area (Å²) in [5.74, 6) is 0.218. The zero-order chi connectivity index (χ0) is 14.6. The summed E-state index contributed by atoms with van der Waals surface area (Å²) in [6.45, 7) is 8.69. The minimum atomic E-state index is -0.410. The SMILES string of the molecule is CN(CCc1cccs1)C(=O)C(C)(C)N1CCNCC1. The first-order valence-corrected chi connectivity index (χ1v) is 8.13. The Kier molecular flexibility index (Phi) is 5.18. The summed E-state index contributed by atoms with van der Waals surface area (Å²) in [6, 6.07) is 4.19. The summed E-state index contributed by atoms with van der Waals surface area (Å²) in [5, 5.41) is 5.42. The quantitative estimate of drug-likeness (QED) is 0.893. The molecule has 1 fully saturated rings. The van der Waals surface area contributed by atoms with Crippen LogP contribution in [0.15, 0.2) is 17.5 Å². The fraction of sp³-hybridized carbons (Fsp3) is 0.667.